The van der Waals surface area contributed by atoms with Crippen molar-refractivity contribution in [3.63, 3.8) is 0 Å². The number of amides is 1. The molecule has 106 valence electrons. The zero-order chi connectivity index (χ0) is 13.8. The third-order valence-corrected chi connectivity index (χ3v) is 5.97. The fraction of sp³-hybridized carbons (Fsp3) is 0.929. The molecule has 0 aromatic rings. The van der Waals surface area contributed by atoms with Crippen LogP contribution in [-0.2, 0) is 4.79 Å². The average molecular weight is 272 g/mol. The van der Waals surface area contributed by atoms with E-state index in [0.717, 1.165) is 18.8 Å². The molecule has 3 unspecified atom stereocenters. The highest BCUT2D eigenvalue weighted by Gasteiger charge is 2.36. The Morgan fingerprint density at radius 1 is 1.44 bits per heavy atom. The molecule has 1 amide bonds. The van der Waals surface area contributed by atoms with E-state index in [1.807, 2.05) is 0 Å². The Balaban J connectivity index is 2.53. The Labute approximate surface area is 116 Å². The van der Waals surface area contributed by atoms with Crippen LogP contribution in [0.15, 0.2) is 0 Å². The van der Waals surface area contributed by atoms with E-state index < -0.39 is 0 Å². The standard InChI is InChI=1S/C14H28N2OS/c1-5-14(2,3)10-6-7-11(15)12(8-10)18-9-13(17)16-4/h10-12H,5-9,15H2,1-4H3,(H,16,17). The molecule has 4 heteroatoms. The maximum Gasteiger partial charge on any atom is 0.229 e. The van der Waals surface area contributed by atoms with Gasteiger partial charge in [0, 0.05) is 18.3 Å². The van der Waals surface area contributed by atoms with Gasteiger partial charge in [0.1, 0.15) is 0 Å². The van der Waals surface area contributed by atoms with Gasteiger partial charge in [-0.15, -0.1) is 11.8 Å². The van der Waals surface area contributed by atoms with Gasteiger partial charge in [-0.05, 0) is 30.6 Å². The molecule has 0 heterocycles. The van der Waals surface area contributed by atoms with Crippen molar-refractivity contribution in [3.05, 3.63) is 0 Å². The van der Waals surface area contributed by atoms with E-state index in [2.05, 4.69) is 26.1 Å². The zero-order valence-corrected chi connectivity index (χ0v) is 13.0. The van der Waals surface area contributed by atoms with Gasteiger partial charge in [0.05, 0.1) is 5.75 Å². The number of rotatable bonds is 5. The Morgan fingerprint density at radius 2 is 2.11 bits per heavy atom. The number of hydrogen-bond donors (Lipinski definition) is 2. The van der Waals surface area contributed by atoms with Crippen molar-refractivity contribution in [1.29, 1.82) is 0 Å². The first-order valence-corrected chi connectivity index (χ1v) is 8.03. The maximum absolute atomic E-state index is 11.3. The summed E-state index contributed by atoms with van der Waals surface area (Å²) in [7, 11) is 1.69. The van der Waals surface area contributed by atoms with Crippen molar-refractivity contribution < 1.29 is 4.79 Å². The van der Waals surface area contributed by atoms with Gasteiger partial charge in [-0.3, -0.25) is 4.79 Å². The van der Waals surface area contributed by atoms with Crippen LogP contribution in [0.2, 0.25) is 0 Å². The number of nitrogens with two attached hydrogens (primary N) is 1. The summed E-state index contributed by atoms with van der Waals surface area (Å²) >= 11 is 1.73. The lowest BCUT2D eigenvalue weighted by molar-refractivity contribution is -0.118. The molecule has 1 saturated carbocycles. The van der Waals surface area contributed by atoms with Crippen LogP contribution < -0.4 is 11.1 Å². The van der Waals surface area contributed by atoms with Crippen LogP contribution in [0.25, 0.3) is 0 Å². The van der Waals surface area contributed by atoms with Crippen LogP contribution in [0.3, 0.4) is 0 Å². The molecule has 0 aromatic heterocycles. The molecule has 3 N–H and O–H groups in total. The summed E-state index contributed by atoms with van der Waals surface area (Å²) in [5.74, 6) is 1.38. The van der Waals surface area contributed by atoms with Gasteiger partial charge in [0.15, 0.2) is 0 Å². The lowest BCUT2D eigenvalue weighted by atomic mass is 9.69. The second-order valence-electron chi connectivity index (χ2n) is 6.04. The van der Waals surface area contributed by atoms with Gasteiger partial charge in [-0.25, -0.2) is 0 Å². The molecule has 0 radical (unpaired) electrons. The molecule has 3 atom stereocenters. The summed E-state index contributed by atoms with van der Waals surface area (Å²) in [6.45, 7) is 6.98. The molecule has 0 spiro atoms. The summed E-state index contributed by atoms with van der Waals surface area (Å²) in [4.78, 5) is 11.3. The summed E-state index contributed by atoms with van der Waals surface area (Å²) < 4.78 is 0. The normalized spacial score (nSPS) is 29.1. The van der Waals surface area contributed by atoms with Crippen LogP contribution in [0.5, 0.6) is 0 Å². The second kappa shape index (κ2) is 6.80. The minimum atomic E-state index is 0.101. The third-order valence-electron chi connectivity index (χ3n) is 4.57. The summed E-state index contributed by atoms with van der Waals surface area (Å²) in [6.07, 6.45) is 4.70. The van der Waals surface area contributed by atoms with E-state index in [-0.39, 0.29) is 11.9 Å². The summed E-state index contributed by atoms with van der Waals surface area (Å²) in [5.41, 5.74) is 6.60. The number of carbonyl (C=O) groups excluding carboxylic acids is 1. The average Bonchev–Trinajstić information content (AvgIpc) is 2.37. The minimum Gasteiger partial charge on any atom is -0.358 e. The number of hydrogen-bond acceptors (Lipinski definition) is 3. The van der Waals surface area contributed by atoms with E-state index in [0.29, 0.717) is 16.4 Å². The van der Waals surface area contributed by atoms with Gasteiger partial charge in [-0.1, -0.05) is 27.2 Å². The van der Waals surface area contributed by atoms with E-state index in [9.17, 15) is 4.79 Å². The molecule has 0 aliphatic heterocycles. The number of carbonyl (C=O) groups is 1. The van der Waals surface area contributed by atoms with Crippen molar-refractivity contribution in [2.24, 2.45) is 17.1 Å². The fourth-order valence-electron chi connectivity index (χ4n) is 2.60. The van der Waals surface area contributed by atoms with Crippen molar-refractivity contribution in [3.8, 4) is 0 Å². The van der Waals surface area contributed by atoms with E-state index in [4.69, 9.17) is 5.73 Å². The van der Waals surface area contributed by atoms with Crippen molar-refractivity contribution >= 4 is 17.7 Å². The first kappa shape index (κ1) is 15.8. The highest BCUT2D eigenvalue weighted by atomic mass is 32.2. The number of thioether (sulfide) groups is 1. The van der Waals surface area contributed by atoms with Gasteiger partial charge in [-0.2, -0.15) is 0 Å². The van der Waals surface area contributed by atoms with Crippen LogP contribution in [0, 0.1) is 11.3 Å². The first-order chi connectivity index (χ1) is 8.40. The molecule has 0 saturated heterocycles. The van der Waals surface area contributed by atoms with Crippen molar-refractivity contribution in [2.75, 3.05) is 12.8 Å². The molecular weight excluding hydrogens is 244 g/mol. The fourth-order valence-corrected chi connectivity index (χ4v) is 3.86. The largest absolute Gasteiger partial charge is 0.358 e. The predicted octanol–water partition coefficient (Wildman–Crippen LogP) is 2.40. The second-order valence-corrected chi connectivity index (χ2v) is 7.27. The molecule has 0 aromatic carbocycles. The van der Waals surface area contributed by atoms with E-state index >= 15 is 0 Å². The van der Waals surface area contributed by atoms with Gasteiger partial charge in [0.25, 0.3) is 0 Å². The van der Waals surface area contributed by atoms with E-state index in [1.54, 1.807) is 18.8 Å². The highest BCUT2D eigenvalue weighted by Crippen LogP contribution is 2.42. The Hall–Kier alpha value is -0.220. The molecule has 18 heavy (non-hydrogen) atoms. The lowest BCUT2D eigenvalue weighted by Gasteiger charge is -2.41. The van der Waals surface area contributed by atoms with Gasteiger partial charge < -0.3 is 11.1 Å². The van der Waals surface area contributed by atoms with Crippen molar-refractivity contribution in [1.82, 2.24) is 5.32 Å². The number of nitrogens with one attached hydrogen (secondary N) is 1. The quantitative estimate of drug-likeness (QED) is 0.808. The molecule has 0 bridgehead atoms. The van der Waals surface area contributed by atoms with Crippen LogP contribution in [0.1, 0.15) is 46.5 Å². The Bertz CT molecular complexity index is 281. The lowest BCUT2D eigenvalue weighted by Crippen LogP contribution is -2.42. The summed E-state index contributed by atoms with van der Waals surface area (Å²) in [6, 6.07) is 0.253. The predicted molar refractivity (Wildman–Crippen MR) is 79.7 cm³/mol. The zero-order valence-electron chi connectivity index (χ0n) is 12.2. The smallest absolute Gasteiger partial charge is 0.229 e. The SMILES string of the molecule is CCC(C)(C)C1CCC(N)C(SCC(=O)NC)C1. The molecule has 1 aliphatic rings. The maximum atomic E-state index is 11.3. The molecule has 1 aliphatic carbocycles. The van der Waals surface area contributed by atoms with E-state index in [1.165, 1.54) is 12.8 Å². The molecule has 1 fully saturated rings. The monoisotopic (exact) mass is 272 g/mol. The van der Waals surface area contributed by atoms with Crippen LogP contribution in [0.4, 0.5) is 0 Å². The van der Waals surface area contributed by atoms with Crippen LogP contribution >= 0.6 is 11.8 Å². The highest BCUT2D eigenvalue weighted by molar-refractivity contribution is 8.00. The van der Waals surface area contributed by atoms with Crippen LogP contribution in [-0.4, -0.2) is 30.0 Å². The van der Waals surface area contributed by atoms with Gasteiger partial charge >= 0.3 is 0 Å². The molecular formula is C14H28N2OS. The topological polar surface area (TPSA) is 55.1 Å². The summed E-state index contributed by atoms with van der Waals surface area (Å²) in [5, 5.41) is 3.11. The molecule has 3 nitrogen and oxygen atoms in total. The molecule has 1 rings (SSSR count). The third kappa shape index (κ3) is 4.16. The van der Waals surface area contributed by atoms with Gasteiger partial charge in [0.2, 0.25) is 5.91 Å². The van der Waals surface area contributed by atoms with Crippen molar-refractivity contribution in [2.45, 2.75) is 57.7 Å². The Kier molecular flexibility index (Phi) is 5.99. The Morgan fingerprint density at radius 3 is 2.67 bits per heavy atom. The minimum absolute atomic E-state index is 0.101. The first-order valence-electron chi connectivity index (χ1n) is 6.98.